The normalized spacial score (nSPS) is 12.7. The minimum absolute atomic E-state index is 0.00264. The van der Waals surface area contributed by atoms with Crippen molar-refractivity contribution in [2.75, 3.05) is 23.2 Å². The summed E-state index contributed by atoms with van der Waals surface area (Å²) >= 11 is 5.07. The minimum Gasteiger partial charge on any atom is -0.497 e. The number of alkyl halides is 1. The van der Waals surface area contributed by atoms with Crippen LogP contribution in [0, 0.1) is 5.41 Å². The van der Waals surface area contributed by atoms with Crippen LogP contribution in [0.25, 0.3) is 0 Å². The maximum atomic E-state index is 12.8. The molecule has 0 aliphatic carbocycles. The van der Waals surface area contributed by atoms with E-state index in [1.165, 1.54) is 28.1 Å². The molecule has 0 saturated carbocycles. The maximum Gasteiger partial charge on any atom is 0.235 e. The number of ether oxygens (including phenoxy) is 1. The lowest BCUT2D eigenvalue weighted by molar-refractivity contribution is -0.117. The number of methoxy groups -OCH3 is 1. The summed E-state index contributed by atoms with van der Waals surface area (Å²) < 4.78 is 6.01. The third-order valence-corrected chi connectivity index (χ3v) is 8.97. The van der Waals surface area contributed by atoms with Crippen LogP contribution in [0.2, 0.25) is 0 Å². The monoisotopic (exact) mass is 624 g/mol. The highest BCUT2D eigenvalue weighted by Gasteiger charge is 2.22. The van der Waals surface area contributed by atoms with Crippen LogP contribution in [-0.4, -0.2) is 32.9 Å². The molecule has 0 saturated heterocycles. The van der Waals surface area contributed by atoms with Gasteiger partial charge in [0.2, 0.25) is 11.0 Å². The number of nitrogens with two attached hydrogens (primary N) is 1. The topological polar surface area (TPSA) is 105 Å². The lowest BCUT2D eigenvalue weighted by atomic mass is 9.92. The summed E-state index contributed by atoms with van der Waals surface area (Å²) in [6, 6.07) is 17.1. The Morgan fingerprint density at radius 2 is 1.89 bits per heavy atom. The van der Waals surface area contributed by atoms with Gasteiger partial charge >= 0.3 is 0 Å². The molecule has 0 aliphatic rings. The number of nitrogens with zero attached hydrogens (tertiary/aromatic N) is 3. The Labute approximate surface area is 227 Å². The number of carbonyl (C=O) groups excluding carboxylic acids is 1. The molecule has 1 aromatic heterocycles. The van der Waals surface area contributed by atoms with Crippen molar-refractivity contribution < 1.29 is 9.53 Å². The molecule has 35 heavy (non-hydrogen) atoms. The van der Waals surface area contributed by atoms with Crippen LogP contribution in [-0.2, 0) is 4.79 Å². The lowest BCUT2D eigenvalue weighted by Crippen LogP contribution is -2.41. The summed E-state index contributed by atoms with van der Waals surface area (Å²) in [5, 5.41) is 16.7. The van der Waals surface area contributed by atoms with Gasteiger partial charge in [-0.3, -0.25) is 9.80 Å². The Morgan fingerprint density at radius 3 is 2.51 bits per heavy atom. The highest BCUT2D eigenvalue weighted by atomic mass is 127. The van der Waals surface area contributed by atoms with E-state index in [1.807, 2.05) is 60.7 Å². The number of hydrogen-bond acceptors (Lipinski definition) is 9. The Bertz CT molecular complexity index is 1130. The zero-order valence-electron chi connectivity index (χ0n) is 20.0. The van der Waals surface area contributed by atoms with Crippen molar-refractivity contribution in [3.05, 3.63) is 66.5 Å². The van der Waals surface area contributed by atoms with Gasteiger partial charge in [-0.2, -0.15) is 0 Å². The fourth-order valence-corrected chi connectivity index (χ4v) is 4.63. The molecule has 0 bridgehead atoms. The quantitative estimate of drug-likeness (QED) is 0.0885. The van der Waals surface area contributed by atoms with E-state index < -0.39 is 0 Å². The van der Waals surface area contributed by atoms with Crippen LogP contribution in [0.5, 0.6) is 5.75 Å². The van der Waals surface area contributed by atoms with E-state index in [-0.39, 0.29) is 21.0 Å². The van der Waals surface area contributed by atoms with Crippen molar-refractivity contribution in [3.8, 4) is 5.75 Å². The molecule has 3 aromatic rings. The zero-order valence-corrected chi connectivity index (χ0v) is 23.8. The fourth-order valence-electron chi connectivity index (χ4n) is 2.72. The number of carbonyl (C=O) groups is 1. The standard InChI is InChI=1S/C24H29IN6O2S2/c1-24(2,3)19(25)14-20(31(26)17-8-6-5-7-9-17)28-21(32)15-34-23-30-29-22(35-23)27-16-10-12-18(33-4)13-11-16/h5-14,19H,15,26H2,1-4H3,(H,27,29)(H,28,32)/b20-14-. The van der Waals surface area contributed by atoms with E-state index in [0.29, 0.717) is 15.3 Å². The van der Waals surface area contributed by atoms with Crippen LogP contribution in [0.3, 0.4) is 0 Å². The molecule has 1 atom stereocenters. The molecule has 0 fully saturated rings. The summed E-state index contributed by atoms with van der Waals surface area (Å²) in [5.74, 6) is 7.71. The number of hydrogen-bond donors (Lipinski definition) is 3. The van der Waals surface area contributed by atoms with Crippen LogP contribution < -0.4 is 26.2 Å². The number of benzene rings is 2. The maximum absolute atomic E-state index is 12.8. The third kappa shape index (κ3) is 8.37. The summed E-state index contributed by atoms with van der Waals surface area (Å²) in [4.78, 5) is 12.8. The number of anilines is 3. The number of hydrazine groups is 1. The number of aromatic nitrogens is 2. The molecule has 1 unspecified atom stereocenters. The average molecular weight is 625 g/mol. The van der Waals surface area contributed by atoms with E-state index >= 15 is 0 Å². The molecular weight excluding hydrogens is 595 g/mol. The van der Waals surface area contributed by atoms with Crippen LogP contribution in [0.1, 0.15) is 20.8 Å². The Morgan fingerprint density at radius 1 is 1.20 bits per heavy atom. The first kappa shape index (κ1) is 27.2. The largest absolute Gasteiger partial charge is 0.497 e. The first-order chi connectivity index (χ1) is 16.7. The second kappa shape index (κ2) is 12.6. The number of nitrogens with one attached hydrogen (secondary N) is 2. The van der Waals surface area contributed by atoms with Gasteiger partial charge in [-0.1, -0.05) is 84.7 Å². The fraction of sp³-hybridized carbons (Fsp3) is 0.292. The first-order valence-electron chi connectivity index (χ1n) is 10.8. The molecule has 4 N–H and O–H groups in total. The van der Waals surface area contributed by atoms with E-state index in [2.05, 4.69) is 64.2 Å². The van der Waals surface area contributed by atoms with Gasteiger partial charge in [-0.05, 0) is 47.9 Å². The van der Waals surface area contributed by atoms with Gasteiger partial charge in [-0.25, -0.2) is 5.84 Å². The van der Waals surface area contributed by atoms with Crippen LogP contribution >= 0.6 is 45.7 Å². The van der Waals surface area contributed by atoms with Gasteiger partial charge in [0.1, 0.15) is 11.6 Å². The van der Waals surface area contributed by atoms with Gasteiger partial charge in [-0.15, -0.1) is 10.2 Å². The molecule has 0 radical (unpaired) electrons. The number of amides is 1. The van der Waals surface area contributed by atoms with E-state index in [0.717, 1.165) is 17.1 Å². The Kier molecular flexibility index (Phi) is 9.78. The molecular formula is C24H29IN6O2S2. The minimum atomic E-state index is -0.176. The van der Waals surface area contributed by atoms with Crippen LogP contribution in [0.15, 0.2) is 70.8 Å². The second-order valence-corrected chi connectivity index (χ2v) is 12.1. The summed E-state index contributed by atoms with van der Waals surface area (Å²) in [6.07, 6.45) is 1.98. The highest BCUT2D eigenvalue weighted by Crippen LogP contribution is 2.30. The Hall–Kier alpha value is -2.35. The summed E-state index contributed by atoms with van der Waals surface area (Å²) in [6.45, 7) is 6.44. The van der Waals surface area contributed by atoms with E-state index in [1.54, 1.807) is 7.11 Å². The third-order valence-electron chi connectivity index (χ3n) is 4.77. The first-order valence-corrected chi connectivity index (χ1v) is 13.8. The number of rotatable bonds is 10. The molecule has 0 spiro atoms. The van der Waals surface area contributed by atoms with Crippen molar-refractivity contribution in [2.24, 2.45) is 11.3 Å². The van der Waals surface area contributed by atoms with Crippen molar-refractivity contribution in [1.82, 2.24) is 15.5 Å². The average Bonchev–Trinajstić information content (AvgIpc) is 3.29. The predicted octanol–water partition coefficient (Wildman–Crippen LogP) is 5.57. The lowest BCUT2D eigenvalue weighted by Gasteiger charge is -2.27. The number of para-hydroxylation sites is 1. The molecule has 1 heterocycles. The Balaban J connectivity index is 1.62. The molecule has 3 rings (SSSR count). The second-order valence-electron chi connectivity index (χ2n) is 8.59. The number of thioether (sulfide) groups is 1. The van der Waals surface area contributed by atoms with Gasteiger partial charge in [0.15, 0.2) is 4.34 Å². The van der Waals surface area contributed by atoms with Gasteiger partial charge in [0.05, 0.1) is 18.6 Å². The van der Waals surface area contributed by atoms with Crippen molar-refractivity contribution >= 4 is 68.1 Å². The predicted molar refractivity (Wildman–Crippen MR) is 154 cm³/mol. The van der Waals surface area contributed by atoms with Crippen molar-refractivity contribution in [3.63, 3.8) is 0 Å². The van der Waals surface area contributed by atoms with E-state index in [4.69, 9.17) is 10.6 Å². The van der Waals surface area contributed by atoms with Crippen LogP contribution in [0.4, 0.5) is 16.5 Å². The number of allylic oxidation sites excluding steroid dienone is 1. The van der Waals surface area contributed by atoms with Gasteiger partial charge in [0, 0.05) is 9.61 Å². The number of halogens is 1. The van der Waals surface area contributed by atoms with Crippen molar-refractivity contribution in [2.45, 2.75) is 29.0 Å². The van der Waals surface area contributed by atoms with Crippen molar-refractivity contribution in [1.29, 1.82) is 0 Å². The molecule has 2 aromatic carbocycles. The molecule has 8 nitrogen and oxygen atoms in total. The highest BCUT2D eigenvalue weighted by molar-refractivity contribution is 14.1. The smallest absolute Gasteiger partial charge is 0.235 e. The van der Waals surface area contributed by atoms with Gasteiger partial charge < -0.3 is 15.4 Å². The SMILES string of the molecule is COc1ccc(Nc2nnc(SCC(=O)N/C(=C/C(I)C(C)(C)C)N(N)c3ccccc3)s2)cc1. The summed E-state index contributed by atoms with van der Waals surface area (Å²) in [5.41, 5.74) is 1.66. The molecule has 11 heteroatoms. The summed E-state index contributed by atoms with van der Waals surface area (Å²) in [7, 11) is 1.63. The molecule has 1 amide bonds. The molecule has 0 aliphatic heterocycles. The van der Waals surface area contributed by atoms with Gasteiger partial charge in [0.25, 0.3) is 0 Å². The van der Waals surface area contributed by atoms with E-state index in [9.17, 15) is 4.79 Å². The molecule has 186 valence electrons. The zero-order chi connectivity index (χ0) is 25.4.